The van der Waals surface area contributed by atoms with Crippen molar-refractivity contribution in [3.05, 3.63) is 28.9 Å². The van der Waals surface area contributed by atoms with Gasteiger partial charge in [-0.05, 0) is 31.2 Å². The molecule has 1 aromatic heterocycles. The molecule has 0 bridgehead atoms. The van der Waals surface area contributed by atoms with Crippen molar-refractivity contribution < 1.29 is 17.6 Å². The van der Waals surface area contributed by atoms with Crippen molar-refractivity contribution in [2.75, 3.05) is 18.4 Å². The van der Waals surface area contributed by atoms with E-state index in [1.165, 1.54) is 6.20 Å². The third kappa shape index (κ3) is 3.80. The summed E-state index contributed by atoms with van der Waals surface area (Å²) in [5.74, 6) is 0. The average Bonchev–Trinajstić information content (AvgIpc) is 2.82. The molecule has 2 N–H and O–H groups in total. The average molecular weight is 394 g/mol. The van der Waals surface area contributed by atoms with Gasteiger partial charge in [0.05, 0.1) is 11.6 Å². The fourth-order valence-corrected chi connectivity index (χ4v) is 3.34. The van der Waals surface area contributed by atoms with Crippen molar-refractivity contribution in [3.63, 3.8) is 0 Å². The summed E-state index contributed by atoms with van der Waals surface area (Å²) in [5, 5.41) is 6.78. The van der Waals surface area contributed by atoms with Gasteiger partial charge in [0.1, 0.15) is 12.7 Å². The SMILES string of the molecule is FC1CNCCC1Nc1cc(Br)cc2c1ccn2CC(F)(F)F. The molecule has 2 atom stereocenters. The van der Waals surface area contributed by atoms with Crippen molar-refractivity contribution in [2.45, 2.75) is 31.4 Å². The molecule has 2 aromatic rings. The second kappa shape index (κ2) is 6.32. The van der Waals surface area contributed by atoms with Crippen LogP contribution in [0.3, 0.4) is 0 Å². The Morgan fingerprint density at radius 2 is 2.13 bits per heavy atom. The van der Waals surface area contributed by atoms with Crippen LogP contribution in [-0.2, 0) is 6.54 Å². The van der Waals surface area contributed by atoms with E-state index in [2.05, 4.69) is 26.6 Å². The Balaban J connectivity index is 1.94. The van der Waals surface area contributed by atoms with Crippen LogP contribution < -0.4 is 10.6 Å². The first-order chi connectivity index (χ1) is 10.8. The quantitative estimate of drug-likeness (QED) is 0.769. The third-order valence-corrected chi connectivity index (χ3v) is 4.41. The number of piperidine rings is 1. The van der Waals surface area contributed by atoms with Gasteiger partial charge in [0, 0.05) is 28.3 Å². The molecule has 3 rings (SSSR count). The number of hydrogen-bond acceptors (Lipinski definition) is 2. The van der Waals surface area contributed by atoms with E-state index >= 15 is 0 Å². The lowest BCUT2D eigenvalue weighted by Crippen LogP contribution is -2.45. The molecule has 0 aliphatic carbocycles. The molecule has 0 amide bonds. The second-order valence-electron chi connectivity index (χ2n) is 5.70. The molecule has 1 aliphatic heterocycles. The lowest BCUT2D eigenvalue weighted by atomic mass is 10.0. The maximum absolute atomic E-state index is 14.0. The number of halogens is 5. The fourth-order valence-electron chi connectivity index (χ4n) is 2.89. The summed E-state index contributed by atoms with van der Waals surface area (Å²) in [6, 6.07) is 4.69. The molecule has 8 heteroatoms. The highest BCUT2D eigenvalue weighted by Crippen LogP contribution is 2.32. The summed E-state index contributed by atoms with van der Waals surface area (Å²) in [6.45, 7) is -0.0559. The fraction of sp³-hybridized carbons (Fsp3) is 0.467. The van der Waals surface area contributed by atoms with Gasteiger partial charge in [-0.15, -0.1) is 0 Å². The van der Waals surface area contributed by atoms with Crippen molar-refractivity contribution >= 4 is 32.5 Å². The smallest absolute Gasteiger partial charge is 0.379 e. The Bertz CT molecular complexity index is 698. The Labute approximate surface area is 139 Å². The number of nitrogens with zero attached hydrogens (tertiary/aromatic N) is 1. The zero-order chi connectivity index (χ0) is 16.6. The molecule has 1 aliphatic rings. The predicted molar refractivity (Wildman–Crippen MR) is 85.5 cm³/mol. The topological polar surface area (TPSA) is 29.0 Å². The first kappa shape index (κ1) is 16.6. The number of fused-ring (bicyclic) bond motifs is 1. The van der Waals surface area contributed by atoms with Crippen molar-refractivity contribution in [1.82, 2.24) is 9.88 Å². The maximum Gasteiger partial charge on any atom is 0.406 e. The van der Waals surface area contributed by atoms with Crippen molar-refractivity contribution in [2.24, 2.45) is 0 Å². The molecule has 126 valence electrons. The number of nitrogens with one attached hydrogen (secondary N) is 2. The van der Waals surface area contributed by atoms with E-state index in [9.17, 15) is 17.6 Å². The molecule has 2 unspecified atom stereocenters. The van der Waals surface area contributed by atoms with E-state index in [1.807, 2.05) is 0 Å². The second-order valence-corrected chi connectivity index (χ2v) is 6.62. The highest BCUT2D eigenvalue weighted by Gasteiger charge is 2.29. The van der Waals surface area contributed by atoms with Crippen LogP contribution in [0.15, 0.2) is 28.9 Å². The van der Waals surface area contributed by atoms with Gasteiger partial charge in [0.2, 0.25) is 0 Å². The van der Waals surface area contributed by atoms with Crippen LogP contribution >= 0.6 is 15.9 Å². The van der Waals surface area contributed by atoms with Crippen LogP contribution in [0.25, 0.3) is 10.9 Å². The number of rotatable bonds is 3. The van der Waals surface area contributed by atoms with E-state index in [1.54, 1.807) is 18.2 Å². The molecular formula is C15H16BrF4N3. The van der Waals surface area contributed by atoms with Crippen LogP contribution in [0.1, 0.15) is 6.42 Å². The van der Waals surface area contributed by atoms with Crippen LogP contribution in [-0.4, -0.2) is 36.0 Å². The zero-order valence-corrected chi connectivity index (χ0v) is 13.7. The van der Waals surface area contributed by atoms with Gasteiger partial charge >= 0.3 is 6.18 Å². The van der Waals surface area contributed by atoms with Gasteiger partial charge in [-0.2, -0.15) is 13.2 Å². The molecule has 1 aromatic carbocycles. The Morgan fingerprint density at radius 1 is 1.35 bits per heavy atom. The number of anilines is 1. The predicted octanol–water partition coefficient (Wildman–Crippen LogP) is 4.08. The van der Waals surface area contributed by atoms with Crippen LogP contribution in [0.4, 0.5) is 23.2 Å². The molecule has 0 spiro atoms. The maximum atomic E-state index is 14.0. The van der Waals surface area contributed by atoms with Crippen LogP contribution in [0.2, 0.25) is 0 Å². The monoisotopic (exact) mass is 393 g/mol. The van der Waals surface area contributed by atoms with E-state index in [0.29, 0.717) is 34.0 Å². The summed E-state index contributed by atoms with van der Waals surface area (Å²) in [5.41, 5.74) is 1.10. The van der Waals surface area contributed by atoms with E-state index in [4.69, 9.17) is 0 Å². The molecule has 0 radical (unpaired) electrons. The normalized spacial score (nSPS) is 22.5. The van der Waals surface area contributed by atoms with Crippen molar-refractivity contribution in [1.29, 1.82) is 0 Å². The summed E-state index contributed by atoms with van der Waals surface area (Å²) in [6.07, 6.45) is -3.29. The van der Waals surface area contributed by atoms with Crippen molar-refractivity contribution in [3.8, 4) is 0 Å². The molecule has 23 heavy (non-hydrogen) atoms. The number of alkyl halides is 4. The number of hydrogen-bond donors (Lipinski definition) is 2. The first-order valence-electron chi connectivity index (χ1n) is 7.30. The highest BCUT2D eigenvalue weighted by atomic mass is 79.9. The van der Waals surface area contributed by atoms with Gasteiger partial charge in [-0.1, -0.05) is 15.9 Å². The minimum Gasteiger partial charge on any atom is -0.379 e. The summed E-state index contributed by atoms with van der Waals surface area (Å²) < 4.78 is 53.8. The molecule has 1 fully saturated rings. The largest absolute Gasteiger partial charge is 0.406 e. The van der Waals surface area contributed by atoms with Gasteiger partial charge in [-0.25, -0.2) is 4.39 Å². The summed E-state index contributed by atoms with van der Waals surface area (Å²) in [7, 11) is 0. The summed E-state index contributed by atoms with van der Waals surface area (Å²) in [4.78, 5) is 0. The zero-order valence-electron chi connectivity index (χ0n) is 12.1. The number of benzene rings is 1. The minimum absolute atomic E-state index is 0.282. The molecular weight excluding hydrogens is 378 g/mol. The standard InChI is InChI=1S/C15H16BrF4N3/c16-9-5-13(22-12-1-3-21-7-11(12)17)10-2-4-23(14(10)6-9)8-15(18,19)20/h2,4-6,11-12,21-22H,1,3,7-8H2. The van der Waals surface area contributed by atoms with Gasteiger partial charge in [0.15, 0.2) is 0 Å². The summed E-state index contributed by atoms with van der Waals surface area (Å²) >= 11 is 3.32. The van der Waals surface area contributed by atoms with Crippen LogP contribution in [0, 0.1) is 0 Å². The number of aromatic nitrogens is 1. The molecule has 2 heterocycles. The van der Waals surface area contributed by atoms with Gasteiger partial charge < -0.3 is 15.2 Å². The van der Waals surface area contributed by atoms with Gasteiger partial charge in [0.25, 0.3) is 0 Å². The lowest BCUT2D eigenvalue weighted by molar-refractivity contribution is -0.139. The van der Waals surface area contributed by atoms with Gasteiger partial charge in [-0.3, -0.25) is 0 Å². The van der Waals surface area contributed by atoms with Crippen LogP contribution in [0.5, 0.6) is 0 Å². The Hall–Kier alpha value is -1.28. The Kier molecular flexibility index (Phi) is 4.55. The molecule has 1 saturated heterocycles. The van der Waals surface area contributed by atoms with E-state index in [-0.39, 0.29) is 12.6 Å². The minimum atomic E-state index is -4.29. The lowest BCUT2D eigenvalue weighted by Gasteiger charge is -2.28. The third-order valence-electron chi connectivity index (χ3n) is 3.95. The van der Waals surface area contributed by atoms with E-state index in [0.717, 1.165) is 4.57 Å². The molecule has 0 saturated carbocycles. The first-order valence-corrected chi connectivity index (χ1v) is 8.09. The molecule has 3 nitrogen and oxygen atoms in total. The highest BCUT2D eigenvalue weighted by molar-refractivity contribution is 9.10. The Morgan fingerprint density at radius 3 is 2.83 bits per heavy atom. The van der Waals surface area contributed by atoms with E-state index < -0.39 is 18.9 Å².